The lowest BCUT2D eigenvalue weighted by Crippen LogP contribution is -2.21. The van der Waals surface area contributed by atoms with Crippen LogP contribution in [0.15, 0.2) is 53.5 Å². The molecule has 1 unspecified atom stereocenters. The lowest BCUT2D eigenvalue weighted by molar-refractivity contribution is 0.249. The molecule has 0 N–H and O–H groups in total. The average molecular weight is 368 g/mol. The van der Waals surface area contributed by atoms with E-state index < -0.39 is 0 Å². The van der Waals surface area contributed by atoms with Crippen molar-refractivity contribution in [2.24, 2.45) is 10.9 Å². The van der Waals surface area contributed by atoms with Gasteiger partial charge in [-0.1, -0.05) is 30.3 Å². The maximum Gasteiger partial charge on any atom is 0.163 e. The number of para-hydroxylation sites is 2. The number of nitrogens with zero attached hydrogens (tertiary/aromatic N) is 2. The van der Waals surface area contributed by atoms with Crippen LogP contribution < -0.4 is 14.2 Å². The van der Waals surface area contributed by atoms with Gasteiger partial charge in [-0.2, -0.15) is 0 Å². The van der Waals surface area contributed by atoms with Crippen molar-refractivity contribution in [1.82, 2.24) is 4.90 Å². The van der Waals surface area contributed by atoms with Gasteiger partial charge in [0.1, 0.15) is 5.75 Å². The van der Waals surface area contributed by atoms with Gasteiger partial charge in [-0.25, -0.2) is 0 Å². The Balaban J connectivity index is 1.54. The Morgan fingerprint density at radius 1 is 1.04 bits per heavy atom. The SMILES string of the molecule is COc1cccc(CCN=C2CC(COc3ccccc3)CN2C)c1OC. The largest absolute Gasteiger partial charge is 0.493 e. The Morgan fingerprint density at radius 2 is 1.85 bits per heavy atom. The van der Waals surface area contributed by atoms with E-state index in [4.69, 9.17) is 19.2 Å². The highest BCUT2D eigenvalue weighted by Gasteiger charge is 2.25. The van der Waals surface area contributed by atoms with E-state index in [2.05, 4.69) is 18.0 Å². The van der Waals surface area contributed by atoms with Crippen LogP contribution in [-0.4, -0.2) is 51.7 Å². The van der Waals surface area contributed by atoms with Crippen LogP contribution in [0.25, 0.3) is 0 Å². The Kier molecular flexibility index (Phi) is 6.58. The third-order valence-electron chi connectivity index (χ3n) is 4.83. The number of hydrogen-bond acceptors (Lipinski definition) is 4. The third kappa shape index (κ3) is 4.94. The van der Waals surface area contributed by atoms with Gasteiger partial charge in [0.15, 0.2) is 11.5 Å². The molecule has 0 aromatic heterocycles. The molecule has 1 aliphatic rings. The van der Waals surface area contributed by atoms with Gasteiger partial charge in [-0.15, -0.1) is 0 Å². The first-order chi connectivity index (χ1) is 13.2. The molecule has 0 amide bonds. The average Bonchev–Trinajstić information content (AvgIpc) is 3.06. The molecule has 144 valence electrons. The standard InChI is InChI=1S/C22H28N2O3/c1-24-15-17(16-27-19-9-5-4-6-10-19)14-21(24)23-13-12-18-8-7-11-20(25-2)22(18)26-3/h4-11,17H,12-16H2,1-3H3. The van der Waals surface area contributed by atoms with Crippen molar-refractivity contribution < 1.29 is 14.2 Å². The second-order valence-corrected chi connectivity index (χ2v) is 6.78. The predicted octanol–water partition coefficient (Wildman–Crippen LogP) is 3.68. The minimum atomic E-state index is 0.473. The minimum absolute atomic E-state index is 0.473. The first-order valence-corrected chi connectivity index (χ1v) is 9.33. The van der Waals surface area contributed by atoms with Gasteiger partial charge in [0, 0.05) is 32.5 Å². The molecule has 2 aromatic carbocycles. The Labute approximate surface area is 161 Å². The van der Waals surface area contributed by atoms with Crippen molar-refractivity contribution in [3.05, 3.63) is 54.1 Å². The number of hydrogen-bond donors (Lipinski definition) is 0. The molecule has 1 heterocycles. The summed E-state index contributed by atoms with van der Waals surface area (Å²) in [7, 11) is 5.44. The van der Waals surface area contributed by atoms with Gasteiger partial charge < -0.3 is 19.1 Å². The number of aliphatic imine (C=N–C) groups is 1. The van der Waals surface area contributed by atoms with Crippen molar-refractivity contribution in [2.75, 3.05) is 41.0 Å². The van der Waals surface area contributed by atoms with Gasteiger partial charge in [0.25, 0.3) is 0 Å². The Hall–Kier alpha value is -2.69. The molecule has 1 saturated heterocycles. The summed E-state index contributed by atoms with van der Waals surface area (Å²) in [6, 6.07) is 15.9. The van der Waals surface area contributed by atoms with Crippen LogP contribution in [-0.2, 0) is 6.42 Å². The molecule has 0 saturated carbocycles. The molecule has 1 fully saturated rings. The first kappa shape index (κ1) is 19.1. The summed E-state index contributed by atoms with van der Waals surface area (Å²) in [4.78, 5) is 7.06. The lowest BCUT2D eigenvalue weighted by Gasteiger charge is -2.13. The maximum absolute atomic E-state index is 5.90. The van der Waals surface area contributed by atoms with E-state index in [9.17, 15) is 0 Å². The number of amidine groups is 1. The van der Waals surface area contributed by atoms with Gasteiger partial charge in [-0.3, -0.25) is 4.99 Å². The van der Waals surface area contributed by atoms with Crippen molar-refractivity contribution in [3.8, 4) is 17.2 Å². The lowest BCUT2D eigenvalue weighted by atomic mass is 10.1. The molecule has 0 radical (unpaired) electrons. The Bertz CT molecular complexity index is 761. The number of likely N-dealkylation sites (tertiary alicyclic amines) is 1. The van der Waals surface area contributed by atoms with E-state index >= 15 is 0 Å². The van der Waals surface area contributed by atoms with Crippen LogP contribution in [0, 0.1) is 5.92 Å². The molecular weight excluding hydrogens is 340 g/mol. The highest BCUT2D eigenvalue weighted by Crippen LogP contribution is 2.31. The normalized spacial score (nSPS) is 18.0. The van der Waals surface area contributed by atoms with Crippen LogP contribution in [0.5, 0.6) is 17.2 Å². The Morgan fingerprint density at radius 3 is 2.59 bits per heavy atom. The molecular formula is C22H28N2O3. The van der Waals surface area contributed by atoms with Crippen LogP contribution >= 0.6 is 0 Å². The molecule has 1 atom stereocenters. The third-order valence-corrected chi connectivity index (χ3v) is 4.83. The summed E-state index contributed by atoms with van der Waals surface area (Å²) in [5.41, 5.74) is 1.12. The highest BCUT2D eigenvalue weighted by molar-refractivity contribution is 5.84. The number of methoxy groups -OCH3 is 2. The number of benzene rings is 2. The van der Waals surface area contributed by atoms with E-state index in [1.54, 1.807) is 14.2 Å². The van der Waals surface area contributed by atoms with Gasteiger partial charge in [0.2, 0.25) is 0 Å². The number of ether oxygens (including phenoxy) is 3. The second kappa shape index (κ2) is 9.31. The van der Waals surface area contributed by atoms with Gasteiger partial charge >= 0.3 is 0 Å². The van der Waals surface area contributed by atoms with Crippen molar-refractivity contribution in [2.45, 2.75) is 12.8 Å². The zero-order chi connectivity index (χ0) is 19.1. The molecule has 27 heavy (non-hydrogen) atoms. The first-order valence-electron chi connectivity index (χ1n) is 9.33. The van der Waals surface area contributed by atoms with E-state index in [-0.39, 0.29) is 0 Å². The summed E-state index contributed by atoms with van der Waals surface area (Å²) < 4.78 is 16.8. The fourth-order valence-corrected chi connectivity index (χ4v) is 3.45. The van der Waals surface area contributed by atoms with Crippen LogP contribution in [0.3, 0.4) is 0 Å². The smallest absolute Gasteiger partial charge is 0.163 e. The molecule has 1 aliphatic heterocycles. The van der Waals surface area contributed by atoms with E-state index in [0.717, 1.165) is 61.2 Å². The molecule has 5 nitrogen and oxygen atoms in total. The predicted molar refractivity (Wildman–Crippen MR) is 108 cm³/mol. The zero-order valence-electron chi connectivity index (χ0n) is 16.4. The maximum atomic E-state index is 5.90. The van der Waals surface area contributed by atoms with Crippen molar-refractivity contribution in [1.29, 1.82) is 0 Å². The molecule has 0 aliphatic carbocycles. The summed E-state index contributed by atoms with van der Waals surface area (Å²) in [6.45, 7) is 2.43. The van der Waals surface area contributed by atoms with Crippen molar-refractivity contribution >= 4 is 5.84 Å². The zero-order valence-corrected chi connectivity index (χ0v) is 16.4. The van der Waals surface area contributed by atoms with Gasteiger partial charge in [-0.05, 0) is 30.2 Å². The molecule has 0 spiro atoms. The van der Waals surface area contributed by atoms with Crippen LogP contribution in [0.4, 0.5) is 0 Å². The fourth-order valence-electron chi connectivity index (χ4n) is 3.45. The summed E-state index contributed by atoms with van der Waals surface area (Å²) in [5.74, 6) is 4.11. The highest BCUT2D eigenvalue weighted by atomic mass is 16.5. The summed E-state index contributed by atoms with van der Waals surface area (Å²) in [5, 5.41) is 0. The van der Waals surface area contributed by atoms with Crippen molar-refractivity contribution in [3.63, 3.8) is 0 Å². The van der Waals surface area contributed by atoms with E-state index in [1.165, 1.54) is 0 Å². The monoisotopic (exact) mass is 368 g/mol. The molecule has 3 rings (SSSR count). The second-order valence-electron chi connectivity index (χ2n) is 6.78. The quantitative estimate of drug-likeness (QED) is 0.713. The molecule has 0 bridgehead atoms. The van der Waals surface area contributed by atoms with E-state index in [0.29, 0.717) is 5.92 Å². The number of rotatable bonds is 8. The van der Waals surface area contributed by atoms with E-state index in [1.807, 2.05) is 42.5 Å². The van der Waals surface area contributed by atoms with Gasteiger partial charge in [0.05, 0.1) is 26.7 Å². The summed E-state index contributed by atoms with van der Waals surface area (Å²) >= 11 is 0. The fraction of sp³-hybridized carbons (Fsp3) is 0.409. The van der Waals surface area contributed by atoms with Crippen LogP contribution in [0.2, 0.25) is 0 Å². The summed E-state index contributed by atoms with van der Waals surface area (Å²) in [6.07, 6.45) is 1.78. The minimum Gasteiger partial charge on any atom is -0.493 e. The molecule has 5 heteroatoms. The van der Waals surface area contributed by atoms with Crippen LogP contribution in [0.1, 0.15) is 12.0 Å². The topological polar surface area (TPSA) is 43.3 Å². The molecule has 2 aromatic rings.